The lowest BCUT2D eigenvalue weighted by Gasteiger charge is -2.10. The number of hydrogen-bond donors (Lipinski definition) is 1. The van der Waals surface area contributed by atoms with E-state index < -0.39 is 0 Å². The predicted octanol–water partition coefficient (Wildman–Crippen LogP) is 5.01. The average molecular weight is 385 g/mol. The molecule has 0 aliphatic rings. The van der Waals surface area contributed by atoms with Gasteiger partial charge in [-0.25, -0.2) is 0 Å². The highest BCUT2D eigenvalue weighted by Gasteiger charge is 1.98. The smallest absolute Gasteiger partial charge is 0.120 e. The molecule has 0 aliphatic heterocycles. The largest absolute Gasteiger partial charge is 0.492 e. The van der Waals surface area contributed by atoms with Gasteiger partial charge in [0.05, 0.1) is 0 Å². The molecule has 1 N–H and O–H groups in total. The summed E-state index contributed by atoms with van der Waals surface area (Å²) in [5.41, 5.74) is 2.33. The molecule has 0 atom stereocenters. The molecular formula is C15H15Br2NO. The lowest BCUT2D eigenvalue weighted by molar-refractivity contribution is 0.332. The quantitative estimate of drug-likeness (QED) is 0.731. The number of rotatable bonds is 5. The Morgan fingerprint density at radius 3 is 2.68 bits per heavy atom. The minimum atomic E-state index is 0.627. The molecule has 0 saturated heterocycles. The van der Waals surface area contributed by atoms with Crippen molar-refractivity contribution in [2.75, 3.05) is 18.5 Å². The number of hydrogen-bond acceptors (Lipinski definition) is 2. The van der Waals surface area contributed by atoms with E-state index in [1.807, 2.05) is 24.3 Å². The van der Waals surface area contributed by atoms with Gasteiger partial charge in [-0.15, -0.1) is 0 Å². The molecular weight excluding hydrogens is 370 g/mol. The van der Waals surface area contributed by atoms with Gasteiger partial charge in [0.15, 0.2) is 0 Å². The maximum Gasteiger partial charge on any atom is 0.120 e. The lowest BCUT2D eigenvalue weighted by atomic mass is 10.2. The minimum absolute atomic E-state index is 0.627. The molecule has 0 unspecified atom stereocenters. The number of anilines is 1. The van der Waals surface area contributed by atoms with Crippen molar-refractivity contribution in [3.63, 3.8) is 0 Å². The van der Waals surface area contributed by atoms with Crippen molar-refractivity contribution in [3.05, 3.63) is 57.0 Å². The van der Waals surface area contributed by atoms with E-state index in [1.54, 1.807) is 0 Å². The van der Waals surface area contributed by atoms with Crippen LogP contribution in [0.4, 0.5) is 5.69 Å². The number of halogens is 2. The normalized spacial score (nSPS) is 10.3. The fraction of sp³-hybridized carbons (Fsp3) is 0.200. The van der Waals surface area contributed by atoms with Gasteiger partial charge < -0.3 is 10.1 Å². The average Bonchev–Trinajstić information content (AvgIpc) is 2.39. The van der Waals surface area contributed by atoms with E-state index in [4.69, 9.17) is 4.74 Å². The second kappa shape index (κ2) is 6.96. The summed E-state index contributed by atoms with van der Waals surface area (Å²) in [7, 11) is 0. The summed E-state index contributed by atoms with van der Waals surface area (Å²) >= 11 is 6.94. The van der Waals surface area contributed by atoms with Gasteiger partial charge in [-0.05, 0) is 42.8 Å². The first-order chi connectivity index (χ1) is 9.15. The van der Waals surface area contributed by atoms with E-state index in [2.05, 4.69) is 62.3 Å². The molecule has 0 aromatic heterocycles. The Kier molecular flexibility index (Phi) is 5.28. The van der Waals surface area contributed by atoms with Crippen LogP contribution in [-0.4, -0.2) is 13.2 Å². The summed E-state index contributed by atoms with van der Waals surface area (Å²) in [6, 6.07) is 14.1. The van der Waals surface area contributed by atoms with E-state index in [0.29, 0.717) is 6.61 Å². The summed E-state index contributed by atoms with van der Waals surface area (Å²) in [6.45, 7) is 3.47. The SMILES string of the molecule is Cc1ccc(NCCOc2cccc(Br)c2)cc1Br. The Hall–Kier alpha value is -1.000. The Balaban J connectivity index is 1.79. The second-order valence-electron chi connectivity index (χ2n) is 4.20. The van der Waals surface area contributed by atoms with Gasteiger partial charge in [-0.2, -0.15) is 0 Å². The van der Waals surface area contributed by atoms with E-state index >= 15 is 0 Å². The minimum Gasteiger partial charge on any atom is -0.492 e. The molecule has 100 valence electrons. The Morgan fingerprint density at radius 1 is 1.11 bits per heavy atom. The molecule has 0 fully saturated rings. The van der Waals surface area contributed by atoms with Gasteiger partial charge in [0.1, 0.15) is 12.4 Å². The monoisotopic (exact) mass is 383 g/mol. The zero-order valence-electron chi connectivity index (χ0n) is 10.6. The van der Waals surface area contributed by atoms with Gasteiger partial charge >= 0.3 is 0 Å². The Morgan fingerprint density at radius 2 is 1.95 bits per heavy atom. The third-order valence-electron chi connectivity index (χ3n) is 2.67. The third kappa shape index (κ3) is 4.55. The highest BCUT2D eigenvalue weighted by molar-refractivity contribution is 9.10. The van der Waals surface area contributed by atoms with Crippen LogP contribution in [0, 0.1) is 6.92 Å². The second-order valence-corrected chi connectivity index (χ2v) is 5.97. The van der Waals surface area contributed by atoms with Gasteiger partial charge in [0, 0.05) is 21.2 Å². The van der Waals surface area contributed by atoms with Crippen molar-refractivity contribution in [1.82, 2.24) is 0 Å². The van der Waals surface area contributed by atoms with Crippen molar-refractivity contribution >= 4 is 37.5 Å². The maximum atomic E-state index is 5.66. The molecule has 2 aromatic rings. The molecule has 2 rings (SSSR count). The van der Waals surface area contributed by atoms with Crippen LogP contribution in [0.25, 0.3) is 0 Å². The Bertz CT molecular complexity index is 558. The summed E-state index contributed by atoms with van der Waals surface area (Å²) < 4.78 is 7.80. The summed E-state index contributed by atoms with van der Waals surface area (Å²) in [5.74, 6) is 0.876. The van der Waals surface area contributed by atoms with Crippen LogP contribution in [-0.2, 0) is 0 Å². The van der Waals surface area contributed by atoms with Crippen LogP contribution in [0.15, 0.2) is 51.4 Å². The first kappa shape index (κ1) is 14.4. The summed E-state index contributed by atoms with van der Waals surface area (Å²) in [6.07, 6.45) is 0. The molecule has 0 amide bonds. The fourth-order valence-electron chi connectivity index (χ4n) is 1.62. The molecule has 2 nitrogen and oxygen atoms in total. The number of ether oxygens (including phenoxy) is 1. The molecule has 0 heterocycles. The molecule has 2 aromatic carbocycles. The number of benzene rings is 2. The van der Waals surface area contributed by atoms with Crippen LogP contribution >= 0.6 is 31.9 Å². The van der Waals surface area contributed by atoms with Gasteiger partial charge in [0.25, 0.3) is 0 Å². The van der Waals surface area contributed by atoms with Crippen LogP contribution in [0.3, 0.4) is 0 Å². The molecule has 0 bridgehead atoms. The summed E-state index contributed by atoms with van der Waals surface area (Å²) in [4.78, 5) is 0. The van der Waals surface area contributed by atoms with Gasteiger partial charge in [-0.3, -0.25) is 0 Å². The van der Waals surface area contributed by atoms with Crippen molar-refractivity contribution in [3.8, 4) is 5.75 Å². The third-order valence-corrected chi connectivity index (χ3v) is 4.02. The number of aryl methyl sites for hydroxylation is 1. The molecule has 0 saturated carbocycles. The molecule has 0 radical (unpaired) electrons. The standard InChI is InChI=1S/C15H15Br2NO/c1-11-5-6-13(10-15(11)17)18-7-8-19-14-4-2-3-12(16)9-14/h2-6,9-10,18H,7-8H2,1H3. The zero-order chi connectivity index (χ0) is 13.7. The fourth-order valence-corrected chi connectivity index (χ4v) is 2.38. The lowest BCUT2D eigenvalue weighted by Crippen LogP contribution is -2.11. The van der Waals surface area contributed by atoms with E-state index in [-0.39, 0.29) is 0 Å². The zero-order valence-corrected chi connectivity index (χ0v) is 13.8. The van der Waals surface area contributed by atoms with Gasteiger partial charge in [-0.1, -0.05) is 44.0 Å². The van der Waals surface area contributed by atoms with Crippen LogP contribution in [0.1, 0.15) is 5.56 Å². The van der Waals surface area contributed by atoms with Crippen LogP contribution in [0.2, 0.25) is 0 Å². The first-order valence-electron chi connectivity index (χ1n) is 6.03. The molecule has 0 spiro atoms. The maximum absolute atomic E-state index is 5.66. The molecule has 4 heteroatoms. The topological polar surface area (TPSA) is 21.3 Å². The van der Waals surface area contributed by atoms with Crippen LogP contribution in [0.5, 0.6) is 5.75 Å². The van der Waals surface area contributed by atoms with E-state index in [1.165, 1.54) is 5.56 Å². The molecule has 0 aliphatic carbocycles. The van der Waals surface area contributed by atoms with Gasteiger partial charge in [0.2, 0.25) is 0 Å². The highest BCUT2D eigenvalue weighted by atomic mass is 79.9. The van der Waals surface area contributed by atoms with Crippen molar-refractivity contribution < 1.29 is 4.74 Å². The highest BCUT2D eigenvalue weighted by Crippen LogP contribution is 2.20. The number of nitrogens with one attached hydrogen (secondary N) is 1. The van der Waals surface area contributed by atoms with Crippen LogP contribution < -0.4 is 10.1 Å². The first-order valence-corrected chi connectivity index (χ1v) is 7.62. The van der Waals surface area contributed by atoms with Crippen molar-refractivity contribution in [2.24, 2.45) is 0 Å². The Labute approximate surface area is 130 Å². The molecule has 19 heavy (non-hydrogen) atoms. The van der Waals surface area contributed by atoms with Crippen molar-refractivity contribution in [1.29, 1.82) is 0 Å². The summed E-state index contributed by atoms with van der Waals surface area (Å²) in [5, 5.41) is 3.33. The van der Waals surface area contributed by atoms with E-state index in [9.17, 15) is 0 Å². The van der Waals surface area contributed by atoms with Crippen molar-refractivity contribution in [2.45, 2.75) is 6.92 Å². The predicted molar refractivity (Wildman–Crippen MR) is 87.0 cm³/mol. The van der Waals surface area contributed by atoms with E-state index in [0.717, 1.165) is 26.9 Å².